The van der Waals surface area contributed by atoms with Gasteiger partial charge in [0.1, 0.15) is 4.90 Å². The van der Waals surface area contributed by atoms with Crippen LogP contribution in [0.5, 0.6) is 0 Å². The van der Waals surface area contributed by atoms with E-state index < -0.39 is 10.0 Å². The number of halogens is 1. The normalized spacial score (nSPS) is 20.9. The van der Waals surface area contributed by atoms with Gasteiger partial charge in [0.15, 0.2) is 0 Å². The Bertz CT molecular complexity index is 600. The van der Waals surface area contributed by atoms with E-state index in [0.717, 1.165) is 12.8 Å². The van der Waals surface area contributed by atoms with E-state index in [1.807, 2.05) is 0 Å². The van der Waals surface area contributed by atoms with Crippen LogP contribution < -0.4 is 0 Å². The monoisotopic (exact) mass is 335 g/mol. The van der Waals surface area contributed by atoms with Gasteiger partial charge in [0.25, 0.3) is 0 Å². The Morgan fingerprint density at radius 1 is 1.43 bits per heavy atom. The van der Waals surface area contributed by atoms with E-state index in [-0.39, 0.29) is 6.10 Å². The lowest BCUT2D eigenvalue weighted by Crippen LogP contribution is -2.43. The number of ether oxygens (including phenoxy) is 1. The SMILES string of the molecule is COC1CCCN(S(=O)(=O)c2c(C)nn(CCCl)c2C)C1. The number of sulfonamides is 1. The summed E-state index contributed by atoms with van der Waals surface area (Å²) < 4.78 is 34.3. The van der Waals surface area contributed by atoms with Crippen LogP contribution in [0.15, 0.2) is 4.90 Å². The van der Waals surface area contributed by atoms with Crippen LogP contribution in [0.1, 0.15) is 24.2 Å². The number of alkyl halides is 1. The number of methoxy groups -OCH3 is 1. The molecule has 2 heterocycles. The Kier molecular flexibility index (Phi) is 5.29. The van der Waals surface area contributed by atoms with Crippen LogP contribution in [0.25, 0.3) is 0 Å². The molecule has 0 aliphatic carbocycles. The van der Waals surface area contributed by atoms with Gasteiger partial charge in [0.05, 0.1) is 24.0 Å². The largest absolute Gasteiger partial charge is 0.380 e. The first-order valence-corrected chi connectivity index (χ1v) is 9.02. The Morgan fingerprint density at radius 2 is 2.14 bits per heavy atom. The van der Waals surface area contributed by atoms with Gasteiger partial charge in [-0.3, -0.25) is 4.68 Å². The average molecular weight is 336 g/mol. The van der Waals surface area contributed by atoms with Crippen molar-refractivity contribution in [3.63, 3.8) is 0 Å². The molecule has 0 radical (unpaired) electrons. The van der Waals surface area contributed by atoms with Crippen molar-refractivity contribution in [2.75, 3.05) is 26.1 Å². The van der Waals surface area contributed by atoms with Gasteiger partial charge in [-0.1, -0.05) is 0 Å². The molecular weight excluding hydrogens is 314 g/mol. The highest BCUT2D eigenvalue weighted by Gasteiger charge is 2.34. The molecule has 120 valence electrons. The van der Waals surface area contributed by atoms with Crippen molar-refractivity contribution in [1.29, 1.82) is 0 Å². The number of hydrogen-bond donors (Lipinski definition) is 0. The Balaban J connectivity index is 2.35. The molecule has 1 unspecified atom stereocenters. The quantitative estimate of drug-likeness (QED) is 0.766. The second kappa shape index (κ2) is 6.64. The lowest BCUT2D eigenvalue weighted by Gasteiger charge is -2.31. The first kappa shape index (κ1) is 16.7. The van der Waals surface area contributed by atoms with Crippen LogP contribution in [0.3, 0.4) is 0 Å². The molecule has 6 nitrogen and oxygen atoms in total. The third-order valence-electron chi connectivity index (χ3n) is 3.88. The zero-order valence-corrected chi connectivity index (χ0v) is 14.2. The highest BCUT2D eigenvalue weighted by atomic mass is 35.5. The number of nitrogens with zero attached hydrogens (tertiary/aromatic N) is 3. The fourth-order valence-electron chi connectivity index (χ4n) is 2.80. The van der Waals surface area contributed by atoms with Crippen molar-refractivity contribution in [2.24, 2.45) is 0 Å². The molecule has 1 fully saturated rings. The van der Waals surface area contributed by atoms with Gasteiger partial charge in [0.2, 0.25) is 10.0 Å². The molecule has 21 heavy (non-hydrogen) atoms. The molecule has 1 aromatic rings. The van der Waals surface area contributed by atoms with Crippen LogP contribution in [0.2, 0.25) is 0 Å². The summed E-state index contributed by atoms with van der Waals surface area (Å²) in [5, 5.41) is 4.30. The minimum absolute atomic E-state index is 0.0352. The van der Waals surface area contributed by atoms with Gasteiger partial charge in [-0.05, 0) is 26.7 Å². The molecule has 0 saturated carbocycles. The summed E-state index contributed by atoms with van der Waals surface area (Å²) in [6.07, 6.45) is 1.67. The fraction of sp³-hybridized carbons (Fsp3) is 0.769. The zero-order chi connectivity index (χ0) is 15.6. The average Bonchev–Trinajstić information content (AvgIpc) is 2.74. The molecular formula is C13H22ClN3O3S. The van der Waals surface area contributed by atoms with Gasteiger partial charge < -0.3 is 4.74 Å². The molecule has 0 spiro atoms. The first-order valence-electron chi connectivity index (χ1n) is 7.04. The highest BCUT2D eigenvalue weighted by Crippen LogP contribution is 2.26. The van der Waals surface area contributed by atoms with Crippen molar-refractivity contribution < 1.29 is 13.2 Å². The second-order valence-electron chi connectivity index (χ2n) is 5.28. The maximum absolute atomic E-state index is 12.9. The van der Waals surface area contributed by atoms with Gasteiger partial charge in [-0.2, -0.15) is 9.40 Å². The third-order valence-corrected chi connectivity index (χ3v) is 6.17. The zero-order valence-electron chi connectivity index (χ0n) is 12.7. The topological polar surface area (TPSA) is 64.4 Å². The summed E-state index contributed by atoms with van der Waals surface area (Å²) in [6.45, 7) is 4.93. The minimum atomic E-state index is -3.54. The number of aryl methyl sites for hydroxylation is 2. The van der Waals surface area contributed by atoms with Gasteiger partial charge in [-0.25, -0.2) is 8.42 Å². The third kappa shape index (κ3) is 3.26. The second-order valence-corrected chi connectivity index (χ2v) is 7.53. The highest BCUT2D eigenvalue weighted by molar-refractivity contribution is 7.89. The van der Waals surface area contributed by atoms with E-state index in [2.05, 4.69) is 5.10 Å². The van der Waals surface area contributed by atoms with E-state index in [9.17, 15) is 8.42 Å². The van der Waals surface area contributed by atoms with E-state index in [4.69, 9.17) is 16.3 Å². The van der Waals surface area contributed by atoms with Gasteiger partial charge >= 0.3 is 0 Å². The maximum atomic E-state index is 12.9. The van der Waals surface area contributed by atoms with Gasteiger partial charge in [-0.15, -0.1) is 11.6 Å². The maximum Gasteiger partial charge on any atom is 0.246 e. The molecule has 0 amide bonds. The lowest BCUT2D eigenvalue weighted by molar-refractivity contribution is 0.0571. The molecule has 1 aliphatic heterocycles. The summed E-state index contributed by atoms with van der Waals surface area (Å²) in [5.41, 5.74) is 1.17. The molecule has 0 N–H and O–H groups in total. The predicted molar refractivity (Wildman–Crippen MR) is 81.2 cm³/mol. The Hall–Kier alpha value is -0.630. The van der Waals surface area contributed by atoms with Crippen molar-refractivity contribution in [3.05, 3.63) is 11.4 Å². The lowest BCUT2D eigenvalue weighted by atomic mass is 10.1. The number of aromatic nitrogens is 2. The standard InChI is InChI=1S/C13H22ClN3O3S/c1-10-13(11(2)17(15-10)8-6-14)21(18,19)16-7-4-5-12(9-16)20-3/h12H,4-9H2,1-3H3. The summed E-state index contributed by atoms with van der Waals surface area (Å²) in [4.78, 5) is 0.310. The minimum Gasteiger partial charge on any atom is -0.380 e. The first-order chi connectivity index (χ1) is 9.91. The Morgan fingerprint density at radius 3 is 2.76 bits per heavy atom. The van der Waals surface area contributed by atoms with Crippen molar-refractivity contribution in [3.8, 4) is 0 Å². The smallest absolute Gasteiger partial charge is 0.246 e. The number of hydrogen-bond acceptors (Lipinski definition) is 4. The fourth-order valence-corrected chi connectivity index (χ4v) is 4.84. The predicted octanol–water partition coefficient (Wildman–Crippen LogP) is 1.54. The molecule has 2 rings (SSSR count). The van der Waals surface area contributed by atoms with Gasteiger partial charge in [0, 0.05) is 26.1 Å². The summed E-state index contributed by atoms with van der Waals surface area (Å²) in [6, 6.07) is 0. The van der Waals surface area contributed by atoms with E-state index in [1.54, 1.807) is 25.6 Å². The number of rotatable bonds is 5. The molecule has 1 saturated heterocycles. The van der Waals surface area contributed by atoms with E-state index >= 15 is 0 Å². The molecule has 1 aliphatic rings. The molecule has 0 bridgehead atoms. The van der Waals surface area contributed by atoms with E-state index in [1.165, 1.54) is 4.31 Å². The van der Waals surface area contributed by atoms with Crippen molar-refractivity contribution >= 4 is 21.6 Å². The van der Waals surface area contributed by atoms with Crippen LogP contribution >= 0.6 is 11.6 Å². The van der Waals surface area contributed by atoms with Crippen molar-refractivity contribution in [2.45, 2.75) is 44.2 Å². The molecule has 8 heteroatoms. The Labute approximate surface area is 131 Å². The molecule has 1 aromatic heterocycles. The summed E-state index contributed by atoms with van der Waals surface area (Å²) in [5.74, 6) is 0.400. The van der Waals surface area contributed by atoms with E-state index in [0.29, 0.717) is 41.8 Å². The van der Waals surface area contributed by atoms with Crippen LogP contribution in [0, 0.1) is 13.8 Å². The summed E-state index contributed by atoms with van der Waals surface area (Å²) in [7, 11) is -1.92. The van der Waals surface area contributed by atoms with Crippen molar-refractivity contribution in [1.82, 2.24) is 14.1 Å². The van der Waals surface area contributed by atoms with Crippen LogP contribution in [-0.4, -0.2) is 54.7 Å². The van der Waals surface area contributed by atoms with Crippen LogP contribution in [0.4, 0.5) is 0 Å². The summed E-state index contributed by atoms with van der Waals surface area (Å²) >= 11 is 5.73. The van der Waals surface area contributed by atoms with Crippen LogP contribution in [-0.2, 0) is 21.3 Å². The molecule has 1 atom stereocenters. The molecule has 0 aromatic carbocycles. The number of piperidine rings is 1.